The van der Waals surface area contributed by atoms with Crippen molar-refractivity contribution in [3.63, 3.8) is 0 Å². The number of carboxylic acid groups (broad SMARTS) is 1. The molecule has 1 unspecified atom stereocenters. The number of rotatable bonds is 9. The van der Waals surface area contributed by atoms with Crippen LogP contribution in [0.25, 0.3) is 0 Å². The van der Waals surface area contributed by atoms with Crippen molar-refractivity contribution in [3.05, 3.63) is 29.6 Å². The fraction of sp³-hybridized carbons (Fsp3) is 0.438. The Morgan fingerprint density at radius 2 is 1.96 bits per heavy atom. The van der Waals surface area contributed by atoms with Crippen molar-refractivity contribution in [2.45, 2.75) is 33.1 Å². The predicted molar refractivity (Wildman–Crippen MR) is 79.9 cm³/mol. The van der Waals surface area contributed by atoms with Crippen molar-refractivity contribution in [1.82, 2.24) is 4.98 Å². The predicted octanol–water partition coefficient (Wildman–Crippen LogP) is 1.58. The molecule has 23 heavy (non-hydrogen) atoms. The molecule has 1 heterocycles. The molecule has 7 heteroatoms. The molecule has 0 saturated heterocycles. The van der Waals surface area contributed by atoms with E-state index in [1.807, 2.05) is 0 Å². The van der Waals surface area contributed by atoms with Crippen LogP contribution >= 0.6 is 0 Å². The molecule has 0 aliphatic carbocycles. The maximum absolute atomic E-state index is 12.5. The summed E-state index contributed by atoms with van der Waals surface area (Å²) in [7, 11) is 0. The van der Waals surface area contributed by atoms with E-state index in [1.54, 1.807) is 19.2 Å². The molecule has 1 atom stereocenters. The Labute approximate surface area is 133 Å². The Morgan fingerprint density at radius 3 is 2.52 bits per heavy atom. The number of pyridine rings is 1. The van der Waals surface area contributed by atoms with E-state index in [0.29, 0.717) is 0 Å². The second-order valence-electron chi connectivity index (χ2n) is 5.20. The highest BCUT2D eigenvalue weighted by Crippen LogP contribution is 2.17. The average molecular weight is 321 g/mol. The van der Waals surface area contributed by atoms with Gasteiger partial charge in [-0.3, -0.25) is 24.2 Å². The van der Waals surface area contributed by atoms with Gasteiger partial charge in [0.1, 0.15) is 0 Å². The average Bonchev–Trinajstić information content (AvgIpc) is 2.48. The topological polar surface area (TPSA) is 111 Å². The summed E-state index contributed by atoms with van der Waals surface area (Å²) in [5, 5.41) is 8.68. The summed E-state index contributed by atoms with van der Waals surface area (Å²) in [4.78, 5) is 50.0. The highest BCUT2D eigenvalue weighted by atomic mass is 16.5. The molecule has 0 amide bonds. The number of hydrogen-bond donors (Lipinski definition) is 1. The summed E-state index contributed by atoms with van der Waals surface area (Å²) in [6.45, 7) is 2.43. The van der Waals surface area contributed by atoms with Crippen LogP contribution in [0.15, 0.2) is 18.5 Å². The van der Waals surface area contributed by atoms with Crippen LogP contribution in [0, 0.1) is 12.8 Å². The van der Waals surface area contributed by atoms with Crippen molar-refractivity contribution in [2.24, 2.45) is 5.92 Å². The highest BCUT2D eigenvalue weighted by molar-refractivity contribution is 6.11. The SMILES string of the molecule is CC(=O)OCC(=O)C(CCCC(=O)O)C(=O)c1cncc(C)c1. The van der Waals surface area contributed by atoms with E-state index in [1.165, 1.54) is 13.1 Å². The van der Waals surface area contributed by atoms with Gasteiger partial charge in [-0.05, 0) is 31.4 Å². The smallest absolute Gasteiger partial charge is 0.303 e. The zero-order valence-electron chi connectivity index (χ0n) is 13.1. The molecule has 0 aliphatic rings. The first kappa shape index (κ1) is 18.5. The Balaban J connectivity index is 2.88. The third kappa shape index (κ3) is 6.37. The number of ketones is 2. The number of aromatic nitrogens is 1. The zero-order valence-corrected chi connectivity index (χ0v) is 13.1. The molecule has 1 aromatic rings. The lowest BCUT2D eigenvalue weighted by Gasteiger charge is -2.14. The highest BCUT2D eigenvalue weighted by Gasteiger charge is 2.28. The lowest BCUT2D eigenvalue weighted by molar-refractivity contribution is -0.146. The standard InChI is InChI=1S/C16H19NO6/c1-10-6-12(8-17-7-10)16(22)13(4-3-5-15(20)21)14(19)9-23-11(2)18/h6-8,13H,3-5,9H2,1-2H3,(H,20,21). The van der Waals surface area contributed by atoms with Gasteiger partial charge in [0.25, 0.3) is 0 Å². The van der Waals surface area contributed by atoms with E-state index in [9.17, 15) is 19.2 Å². The summed E-state index contributed by atoms with van der Waals surface area (Å²) < 4.78 is 4.65. The Kier molecular flexibility index (Phi) is 7.05. The molecule has 0 saturated carbocycles. The maximum Gasteiger partial charge on any atom is 0.303 e. The third-order valence-electron chi connectivity index (χ3n) is 3.17. The summed E-state index contributed by atoms with van der Waals surface area (Å²) in [6, 6.07) is 1.61. The second kappa shape index (κ2) is 8.77. The fourth-order valence-electron chi connectivity index (χ4n) is 2.06. The van der Waals surface area contributed by atoms with E-state index in [2.05, 4.69) is 9.72 Å². The van der Waals surface area contributed by atoms with Gasteiger partial charge in [0.2, 0.25) is 0 Å². The number of Topliss-reactive ketones (excluding diaryl/α,β-unsaturated/α-hetero) is 2. The van der Waals surface area contributed by atoms with E-state index >= 15 is 0 Å². The molecule has 1 aromatic heterocycles. The normalized spacial score (nSPS) is 11.6. The van der Waals surface area contributed by atoms with Crippen molar-refractivity contribution in [2.75, 3.05) is 6.61 Å². The van der Waals surface area contributed by atoms with Crippen LogP contribution in [0.1, 0.15) is 42.1 Å². The minimum atomic E-state index is -1.04. The second-order valence-corrected chi connectivity index (χ2v) is 5.20. The Hall–Kier alpha value is -2.57. The number of carbonyl (C=O) groups is 4. The van der Waals surface area contributed by atoms with Crippen molar-refractivity contribution < 1.29 is 29.0 Å². The number of hydrogen-bond acceptors (Lipinski definition) is 6. The molecule has 0 bridgehead atoms. The van der Waals surface area contributed by atoms with Gasteiger partial charge in [-0.25, -0.2) is 0 Å². The maximum atomic E-state index is 12.5. The molecule has 1 rings (SSSR count). The van der Waals surface area contributed by atoms with Gasteiger partial charge in [-0.15, -0.1) is 0 Å². The monoisotopic (exact) mass is 321 g/mol. The van der Waals surface area contributed by atoms with Crippen molar-refractivity contribution in [3.8, 4) is 0 Å². The number of ether oxygens (including phenoxy) is 1. The number of aliphatic carboxylic acids is 1. The zero-order chi connectivity index (χ0) is 17.4. The van der Waals surface area contributed by atoms with Crippen LogP contribution in [0.4, 0.5) is 0 Å². The van der Waals surface area contributed by atoms with Gasteiger partial charge in [0.05, 0.1) is 5.92 Å². The molecule has 124 valence electrons. The van der Waals surface area contributed by atoms with Crippen LogP contribution in [0.2, 0.25) is 0 Å². The number of aryl methyl sites for hydroxylation is 1. The van der Waals surface area contributed by atoms with Gasteiger partial charge >= 0.3 is 11.9 Å². The number of carboxylic acids is 1. The first-order valence-electron chi connectivity index (χ1n) is 7.15. The molecule has 0 aliphatic heterocycles. The minimum absolute atomic E-state index is 0.0825. The van der Waals surface area contributed by atoms with E-state index in [-0.39, 0.29) is 24.8 Å². The van der Waals surface area contributed by atoms with Crippen molar-refractivity contribution >= 4 is 23.5 Å². The molecule has 0 spiro atoms. The molecular formula is C16H19NO6. The van der Waals surface area contributed by atoms with Crippen LogP contribution < -0.4 is 0 Å². The van der Waals surface area contributed by atoms with E-state index in [4.69, 9.17) is 5.11 Å². The van der Waals surface area contributed by atoms with Crippen LogP contribution in [-0.2, 0) is 19.1 Å². The van der Waals surface area contributed by atoms with E-state index < -0.39 is 36.0 Å². The molecule has 7 nitrogen and oxygen atoms in total. The third-order valence-corrected chi connectivity index (χ3v) is 3.17. The summed E-state index contributed by atoms with van der Waals surface area (Å²) in [6.07, 6.45) is 3.06. The summed E-state index contributed by atoms with van der Waals surface area (Å²) in [5.74, 6) is -3.65. The quantitative estimate of drug-likeness (QED) is 0.417. The van der Waals surface area contributed by atoms with Gasteiger partial charge < -0.3 is 9.84 Å². The molecule has 0 fully saturated rings. The molecule has 1 N–H and O–H groups in total. The number of nitrogens with zero attached hydrogens (tertiary/aromatic N) is 1. The minimum Gasteiger partial charge on any atom is -0.481 e. The van der Waals surface area contributed by atoms with E-state index in [0.717, 1.165) is 5.56 Å². The number of carbonyl (C=O) groups excluding carboxylic acids is 3. The van der Waals surface area contributed by atoms with Crippen LogP contribution in [0.5, 0.6) is 0 Å². The Bertz CT molecular complexity index is 610. The van der Waals surface area contributed by atoms with Crippen molar-refractivity contribution in [1.29, 1.82) is 0 Å². The van der Waals surface area contributed by atoms with Gasteiger partial charge in [-0.2, -0.15) is 0 Å². The molecular weight excluding hydrogens is 302 g/mol. The van der Waals surface area contributed by atoms with Crippen LogP contribution in [-0.4, -0.2) is 40.2 Å². The largest absolute Gasteiger partial charge is 0.481 e. The van der Waals surface area contributed by atoms with Gasteiger partial charge in [0.15, 0.2) is 18.2 Å². The fourth-order valence-corrected chi connectivity index (χ4v) is 2.06. The lowest BCUT2D eigenvalue weighted by Crippen LogP contribution is -2.28. The van der Waals surface area contributed by atoms with Gasteiger partial charge in [0, 0.05) is 31.3 Å². The number of esters is 1. The Morgan fingerprint density at radius 1 is 1.26 bits per heavy atom. The lowest BCUT2D eigenvalue weighted by atomic mass is 9.89. The summed E-state index contributed by atoms with van der Waals surface area (Å²) in [5.41, 5.74) is 1.05. The van der Waals surface area contributed by atoms with Gasteiger partial charge in [-0.1, -0.05) is 0 Å². The molecule has 0 aromatic carbocycles. The first-order chi connectivity index (χ1) is 10.8. The summed E-state index contributed by atoms with van der Waals surface area (Å²) >= 11 is 0. The van der Waals surface area contributed by atoms with Crippen LogP contribution in [0.3, 0.4) is 0 Å². The molecule has 0 radical (unpaired) electrons. The first-order valence-corrected chi connectivity index (χ1v) is 7.15.